The number of nitrogens with one attached hydrogen (secondary N) is 1. The molecule has 0 aliphatic heterocycles. The van der Waals surface area contributed by atoms with Crippen molar-refractivity contribution in [1.29, 1.82) is 0 Å². The first-order chi connectivity index (χ1) is 5.93. The van der Waals surface area contributed by atoms with E-state index in [1.54, 1.807) is 0 Å². The van der Waals surface area contributed by atoms with Gasteiger partial charge in [0.05, 0.1) is 13.2 Å². The Morgan fingerprint density at radius 1 is 1.33 bits per heavy atom. The molecule has 2 N–H and O–H groups in total. The van der Waals surface area contributed by atoms with Crippen molar-refractivity contribution in [2.75, 3.05) is 32.9 Å². The molecule has 0 aromatic rings. The molecule has 0 heterocycles. The lowest BCUT2D eigenvalue weighted by atomic mass is 10.4. The minimum absolute atomic E-state index is 0.134. The smallest absolute Gasteiger partial charge is 0.0697 e. The summed E-state index contributed by atoms with van der Waals surface area (Å²) < 4.78 is 5.12. The zero-order chi connectivity index (χ0) is 8.65. The summed E-state index contributed by atoms with van der Waals surface area (Å²) in [6.07, 6.45) is 3.87. The normalized spacial score (nSPS) is 16.8. The lowest BCUT2D eigenvalue weighted by Crippen LogP contribution is -2.19. The van der Waals surface area contributed by atoms with Gasteiger partial charge in [0, 0.05) is 6.61 Å². The van der Waals surface area contributed by atoms with Gasteiger partial charge in [-0.2, -0.15) is 0 Å². The van der Waals surface area contributed by atoms with E-state index in [1.807, 2.05) is 0 Å². The average molecular weight is 173 g/mol. The molecule has 3 heteroatoms. The summed E-state index contributed by atoms with van der Waals surface area (Å²) in [6.45, 7) is 3.60. The van der Waals surface area contributed by atoms with Crippen LogP contribution in [0.5, 0.6) is 0 Å². The number of aliphatic hydroxyl groups excluding tert-OH is 1. The van der Waals surface area contributed by atoms with E-state index in [4.69, 9.17) is 9.84 Å². The summed E-state index contributed by atoms with van der Waals surface area (Å²) in [7, 11) is 0. The molecule has 1 aliphatic carbocycles. The maximum atomic E-state index is 8.41. The minimum atomic E-state index is 0.134. The third-order valence-corrected chi connectivity index (χ3v) is 2.01. The van der Waals surface area contributed by atoms with Gasteiger partial charge in [0.15, 0.2) is 0 Å². The maximum absolute atomic E-state index is 8.41. The second-order valence-electron chi connectivity index (χ2n) is 3.34. The Morgan fingerprint density at radius 2 is 2.17 bits per heavy atom. The Hall–Kier alpha value is -0.120. The average Bonchev–Trinajstić information content (AvgIpc) is 2.87. The Labute approximate surface area is 74.1 Å². The quantitative estimate of drug-likeness (QED) is 0.522. The molecule has 1 aliphatic rings. The van der Waals surface area contributed by atoms with Crippen molar-refractivity contribution in [1.82, 2.24) is 5.32 Å². The monoisotopic (exact) mass is 173 g/mol. The fraction of sp³-hybridized carbons (Fsp3) is 1.00. The highest BCUT2D eigenvalue weighted by Gasteiger charge is 2.19. The predicted octanol–water partition coefficient (Wildman–Crippen LogP) is 0.385. The first-order valence-corrected chi connectivity index (χ1v) is 4.83. The summed E-state index contributed by atoms with van der Waals surface area (Å²) in [5.74, 6) is 0.961. The second kappa shape index (κ2) is 6.40. The van der Waals surface area contributed by atoms with E-state index in [2.05, 4.69) is 5.32 Å². The van der Waals surface area contributed by atoms with Crippen LogP contribution in [-0.2, 0) is 4.74 Å². The minimum Gasteiger partial charge on any atom is -0.394 e. The van der Waals surface area contributed by atoms with Crippen molar-refractivity contribution in [3.8, 4) is 0 Å². The molecular formula is C9H19NO2. The Morgan fingerprint density at radius 3 is 2.83 bits per heavy atom. The molecule has 0 bridgehead atoms. The summed E-state index contributed by atoms with van der Waals surface area (Å²) in [5.41, 5.74) is 0. The van der Waals surface area contributed by atoms with Crippen molar-refractivity contribution in [2.24, 2.45) is 5.92 Å². The van der Waals surface area contributed by atoms with Crippen LogP contribution in [0.25, 0.3) is 0 Å². The molecule has 1 fully saturated rings. The number of aliphatic hydroxyl groups is 1. The van der Waals surface area contributed by atoms with Gasteiger partial charge in [0.2, 0.25) is 0 Å². The zero-order valence-corrected chi connectivity index (χ0v) is 7.59. The summed E-state index contributed by atoms with van der Waals surface area (Å²) in [5, 5.41) is 11.8. The molecule has 72 valence electrons. The van der Waals surface area contributed by atoms with Gasteiger partial charge in [-0.3, -0.25) is 0 Å². The van der Waals surface area contributed by atoms with Crippen LogP contribution >= 0.6 is 0 Å². The highest BCUT2D eigenvalue weighted by atomic mass is 16.5. The van der Waals surface area contributed by atoms with Crippen molar-refractivity contribution in [3.05, 3.63) is 0 Å². The lowest BCUT2D eigenvalue weighted by molar-refractivity contribution is 0.0907. The van der Waals surface area contributed by atoms with Crippen LogP contribution < -0.4 is 5.32 Å². The van der Waals surface area contributed by atoms with Crippen molar-refractivity contribution >= 4 is 0 Å². The van der Waals surface area contributed by atoms with Gasteiger partial charge in [-0.05, 0) is 38.3 Å². The summed E-state index contributed by atoms with van der Waals surface area (Å²) in [6, 6.07) is 0. The first kappa shape index (κ1) is 9.96. The molecule has 0 unspecified atom stereocenters. The van der Waals surface area contributed by atoms with Gasteiger partial charge in [-0.15, -0.1) is 0 Å². The Bertz CT molecular complexity index is 105. The van der Waals surface area contributed by atoms with Crippen molar-refractivity contribution in [2.45, 2.75) is 19.3 Å². The number of hydrogen-bond donors (Lipinski definition) is 2. The lowest BCUT2D eigenvalue weighted by Gasteiger charge is -2.03. The molecule has 0 aromatic heterocycles. The van der Waals surface area contributed by atoms with Gasteiger partial charge in [0.1, 0.15) is 0 Å². The molecule has 0 spiro atoms. The van der Waals surface area contributed by atoms with E-state index in [9.17, 15) is 0 Å². The van der Waals surface area contributed by atoms with Gasteiger partial charge < -0.3 is 15.2 Å². The molecule has 0 atom stereocenters. The number of hydrogen-bond acceptors (Lipinski definition) is 3. The van der Waals surface area contributed by atoms with Crippen LogP contribution in [0.2, 0.25) is 0 Å². The van der Waals surface area contributed by atoms with Crippen LogP contribution in [0.15, 0.2) is 0 Å². The number of rotatable bonds is 8. The summed E-state index contributed by atoms with van der Waals surface area (Å²) >= 11 is 0. The molecule has 3 nitrogen and oxygen atoms in total. The van der Waals surface area contributed by atoms with Crippen molar-refractivity contribution < 1.29 is 9.84 Å². The maximum Gasteiger partial charge on any atom is 0.0697 e. The van der Waals surface area contributed by atoms with E-state index in [-0.39, 0.29) is 6.61 Å². The highest BCUT2D eigenvalue weighted by molar-refractivity contribution is 4.74. The molecule has 1 rings (SSSR count). The van der Waals surface area contributed by atoms with Crippen LogP contribution in [0, 0.1) is 5.92 Å². The van der Waals surface area contributed by atoms with Gasteiger partial charge in [-0.25, -0.2) is 0 Å². The van der Waals surface area contributed by atoms with Crippen LogP contribution in [0.1, 0.15) is 19.3 Å². The molecule has 0 amide bonds. The van der Waals surface area contributed by atoms with Gasteiger partial charge in [-0.1, -0.05) is 0 Å². The number of ether oxygens (including phenoxy) is 1. The van der Waals surface area contributed by atoms with E-state index >= 15 is 0 Å². The topological polar surface area (TPSA) is 41.5 Å². The van der Waals surface area contributed by atoms with Gasteiger partial charge >= 0.3 is 0 Å². The standard InChI is InChI=1S/C9H19NO2/c11-5-7-12-6-1-4-10-8-9-2-3-9/h9-11H,1-8H2. The fourth-order valence-electron chi connectivity index (χ4n) is 1.09. The van der Waals surface area contributed by atoms with Crippen molar-refractivity contribution in [3.63, 3.8) is 0 Å². The van der Waals surface area contributed by atoms with E-state index < -0.39 is 0 Å². The first-order valence-electron chi connectivity index (χ1n) is 4.83. The summed E-state index contributed by atoms with van der Waals surface area (Å²) in [4.78, 5) is 0. The Kier molecular flexibility index (Phi) is 5.32. The van der Waals surface area contributed by atoms with Gasteiger partial charge in [0.25, 0.3) is 0 Å². The second-order valence-corrected chi connectivity index (χ2v) is 3.34. The fourth-order valence-corrected chi connectivity index (χ4v) is 1.09. The van der Waals surface area contributed by atoms with Crippen LogP contribution in [0.3, 0.4) is 0 Å². The third kappa shape index (κ3) is 5.52. The molecular weight excluding hydrogens is 154 g/mol. The van der Waals surface area contributed by atoms with E-state index in [0.29, 0.717) is 6.61 Å². The van der Waals surface area contributed by atoms with Crippen LogP contribution in [0.4, 0.5) is 0 Å². The highest BCUT2D eigenvalue weighted by Crippen LogP contribution is 2.27. The molecule has 0 aromatic carbocycles. The zero-order valence-electron chi connectivity index (χ0n) is 7.59. The molecule has 1 saturated carbocycles. The predicted molar refractivity (Wildman–Crippen MR) is 48.1 cm³/mol. The third-order valence-electron chi connectivity index (χ3n) is 2.01. The molecule has 12 heavy (non-hydrogen) atoms. The van der Waals surface area contributed by atoms with E-state index in [0.717, 1.165) is 25.5 Å². The van der Waals surface area contributed by atoms with E-state index in [1.165, 1.54) is 19.4 Å². The Balaban J connectivity index is 1.65. The van der Waals surface area contributed by atoms with Crippen LogP contribution in [-0.4, -0.2) is 38.0 Å². The SMILES string of the molecule is OCCOCCCNCC1CC1. The largest absolute Gasteiger partial charge is 0.394 e. The molecule has 0 radical (unpaired) electrons. The molecule has 0 saturated heterocycles.